The molecule has 0 saturated heterocycles. The van der Waals surface area contributed by atoms with Gasteiger partial charge >= 0.3 is 0 Å². The lowest BCUT2D eigenvalue weighted by atomic mass is 10.1. The first-order chi connectivity index (χ1) is 8.69. The molecule has 0 bridgehead atoms. The fourth-order valence-corrected chi connectivity index (χ4v) is 2.12. The van der Waals surface area contributed by atoms with Crippen LogP contribution in [0.3, 0.4) is 0 Å². The standard InChI is InChI=1S/C16H22N2/c1-4-8-18-9-7-15(12-18)11-17-16-10-13(2)5-6-14(16)3/h5-7,9-10,12,17H,4,8,11H2,1-3H3. The summed E-state index contributed by atoms with van der Waals surface area (Å²) in [5.74, 6) is 0. The number of anilines is 1. The molecule has 0 aliphatic carbocycles. The van der Waals surface area contributed by atoms with Crippen LogP contribution in [-0.4, -0.2) is 4.57 Å². The van der Waals surface area contributed by atoms with Crippen LogP contribution in [0.15, 0.2) is 36.7 Å². The molecule has 0 aliphatic heterocycles. The molecule has 96 valence electrons. The highest BCUT2D eigenvalue weighted by Gasteiger charge is 2.00. The maximum absolute atomic E-state index is 3.51. The zero-order chi connectivity index (χ0) is 13.0. The van der Waals surface area contributed by atoms with E-state index in [0.29, 0.717) is 0 Å². The summed E-state index contributed by atoms with van der Waals surface area (Å²) in [6, 6.07) is 8.71. The zero-order valence-corrected chi connectivity index (χ0v) is 11.5. The number of aryl methyl sites for hydroxylation is 3. The van der Waals surface area contributed by atoms with Crippen molar-refractivity contribution >= 4 is 5.69 Å². The minimum atomic E-state index is 0.890. The molecule has 0 spiro atoms. The number of nitrogens with one attached hydrogen (secondary N) is 1. The maximum Gasteiger partial charge on any atom is 0.0415 e. The van der Waals surface area contributed by atoms with Gasteiger partial charge in [-0.2, -0.15) is 0 Å². The molecule has 0 aliphatic rings. The van der Waals surface area contributed by atoms with Gasteiger partial charge < -0.3 is 9.88 Å². The zero-order valence-electron chi connectivity index (χ0n) is 11.5. The normalized spacial score (nSPS) is 10.6. The Labute approximate surface area is 110 Å². The van der Waals surface area contributed by atoms with Crippen molar-refractivity contribution in [3.8, 4) is 0 Å². The molecule has 1 heterocycles. The molecule has 2 nitrogen and oxygen atoms in total. The van der Waals surface area contributed by atoms with Gasteiger partial charge in [0, 0.05) is 31.2 Å². The molecule has 1 aromatic heterocycles. The van der Waals surface area contributed by atoms with Gasteiger partial charge in [-0.3, -0.25) is 0 Å². The molecule has 0 radical (unpaired) electrons. The molecule has 0 unspecified atom stereocenters. The number of hydrogen-bond donors (Lipinski definition) is 1. The Morgan fingerprint density at radius 3 is 2.78 bits per heavy atom. The molecule has 0 amide bonds. The molecule has 0 fully saturated rings. The van der Waals surface area contributed by atoms with Crippen LogP contribution in [-0.2, 0) is 13.1 Å². The van der Waals surface area contributed by atoms with E-state index in [-0.39, 0.29) is 0 Å². The second-order valence-corrected chi connectivity index (χ2v) is 4.93. The topological polar surface area (TPSA) is 17.0 Å². The second-order valence-electron chi connectivity index (χ2n) is 4.93. The monoisotopic (exact) mass is 242 g/mol. The summed E-state index contributed by atoms with van der Waals surface area (Å²) in [6.07, 6.45) is 5.56. The highest BCUT2D eigenvalue weighted by atomic mass is 14.9. The van der Waals surface area contributed by atoms with E-state index in [0.717, 1.165) is 13.1 Å². The number of nitrogens with zero attached hydrogens (tertiary/aromatic N) is 1. The van der Waals surface area contributed by atoms with E-state index in [1.54, 1.807) is 0 Å². The number of aromatic nitrogens is 1. The molecule has 0 atom stereocenters. The average molecular weight is 242 g/mol. The lowest BCUT2D eigenvalue weighted by molar-refractivity contribution is 0.681. The summed E-state index contributed by atoms with van der Waals surface area (Å²) in [4.78, 5) is 0. The largest absolute Gasteiger partial charge is 0.381 e. The molecule has 1 N–H and O–H groups in total. The van der Waals surface area contributed by atoms with Crippen molar-refractivity contribution < 1.29 is 0 Å². The Hall–Kier alpha value is -1.70. The molecular formula is C16H22N2. The summed E-state index contributed by atoms with van der Waals surface area (Å²) in [7, 11) is 0. The van der Waals surface area contributed by atoms with Crippen LogP contribution in [0.5, 0.6) is 0 Å². The summed E-state index contributed by atoms with van der Waals surface area (Å²) < 4.78 is 2.25. The van der Waals surface area contributed by atoms with Gasteiger partial charge in [-0.25, -0.2) is 0 Å². The van der Waals surface area contributed by atoms with Crippen molar-refractivity contribution in [1.82, 2.24) is 4.57 Å². The van der Waals surface area contributed by atoms with E-state index in [2.05, 4.69) is 67.3 Å². The Bertz CT molecular complexity index is 512. The van der Waals surface area contributed by atoms with Crippen LogP contribution < -0.4 is 5.32 Å². The minimum absolute atomic E-state index is 0.890. The van der Waals surface area contributed by atoms with Crippen molar-refractivity contribution in [3.63, 3.8) is 0 Å². The molecule has 1 aromatic carbocycles. The summed E-state index contributed by atoms with van der Waals surface area (Å²) in [5, 5.41) is 3.51. The van der Waals surface area contributed by atoms with Crippen LogP contribution in [0.2, 0.25) is 0 Å². The quantitative estimate of drug-likeness (QED) is 0.834. The van der Waals surface area contributed by atoms with Crippen molar-refractivity contribution in [2.24, 2.45) is 0 Å². The number of hydrogen-bond acceptors (Lipinski definition) is 1. The fraction of sp³-hybridized carbons (Fsp3) is 0.375. The molecule has 2 aromatic rings. The average Bonchev–Trinajstić information content (AvgIpc) is 2.79. The molecule has 2 rings (SSSR count). The van der Waals surface area contributed by atoms with Crippen LogP contribution in [0.1, 0.15) is 30.0 Å². The highest BCUT2D eigenvalue weighted by Crippen LogP contribution is 2.17. The molecular weight excluding hydrogens is 220 g/mol. The first-order valence-corrected chi connectivity index (χ1v) is 6.65. The predicted octanol–water partition coefficient (Wildman–Crippen LogP) is 4.13. The van der Waals surface area contributed by atoms with Gasteiger partial charge in [0.15, 0.2) is 0 Å². The first kappa shape index (κ1) is 12.7. The smallest absolute Gasteiger partial charge is 0.0415 e. The van der Waals surface area contributed by atoms with Crippen LogP contribution in [0.4, 0.5) is 5.69 Å². The summed E-state index contributed by atoms with van der Waals surface area (Å²) >= 11 is 0. The third-order valence-corrected chi connectivity index (χ3v) is 3.17. The van der Waals surface area contributed by atoms with Gasteiger partial charge in [-0.05, 0) is 49.1 Å². The number of rotatable bonds is 5. The van der Waals surface area contributed by atoms with E-state index in [4.69, 9.17) is 0 Å². The number of benzene rings is 1. The third kappa shape index (κ3) is 3.16. The van der Waals surface area contributed by atoms with E-state index >= 15 is 0 Å². The maximum atomic E-state index is 3.51. The van der Waals surface area contributed by atoms with Gasteiger partial charge in [0.25, 0.3) is 0 Å². The third-order valence-electron chi connectivity index (χ3n) is 3.17. The van der Waals surface area contributed by atoms with E-state index in [1.165, 1.54) is 28.8 Å². The van der Waals surface area contributed by atoms with Gasteiger partial charge in [0.2, 0.25) is 0 Å². The van der Waals surface area contributed by atoms with E-state index in [9.17, 15) is 0 Å². The first-order valence-electron chi connectivity index (χ1n) is 6.65. The van der Waals surface area contributed by atoms with E-state index < -0.39 is 0 Å². The lowest BCUT2D eigenvalue weighted by Gasteiger charge is -2.09. The summed E-state index contributed by atoms with van der Waals surface area (Å²) in [6.45, 7) is 8.46. The minimum Gasteiger partial charge on any atom is -0.381 e. The Kier molecular flexibility index (Phi) is 4.08. The highest BCUT2D eigenvalue weighted by molar-refractivity contribution is 5.52. The SMILES string of the molecule is CCCn1ccc(CNc2cc(C)ccc2C)c1. The Balaban J connectivity index is 1.99. The van der Waals surface area contributed by atoms with Gasteiger partial charge in [-0.1, -0.05) is 19.1 Å². The molecule has 18 heavy (non-hydrogen) atoms. The predicted molar refractivity (Wildman–Crippen MR) is 78.0 cm³/mol. The van der Waals surface area contributed by atoms with Gasteiger partial charge in [0.05, 0.1) is 0 Å². The lowest BCUT2D eigenvalue weighted by Crippen LogP contribution is -2.01. The second kappa shape index (κ2) is 5.76. The van der Waals surface area contributed by atoms with Crippen molar-refractivity contribution in [3.05, 3.63) is 53.3 Å². The van der Waals surface area contributed by atoms with Crippen LogP contribution in [0.25, 0.3) is 0 Å². The van der Waals surface area contributed by atoms with E-state index in [1.807, 2.05) is 0 Å². The Morgan fingerprint density at radius 2 is 2.00 bits per heavy atom. The summed E-state index contributed by atoms with van der Waals surface area (Å²) in [5.41, 5.74) is 5.17. The van der Waals surface area contributed by atoms with Gasteiger partial charge in [-0.15, -0.1) is 0 Å². The van der Waals surface area contributed by atoms with Crippen LogP contribution in [0, 0.1) is 13.8 Å². The Morgan fingerprint density at radius 1 is 1.17 bits per heavy atom. The van der Waals surface area contributed by atoms with Crippen LogP contribution >= 0.6 is 0 Å². The molecule has 2 heteroatoms. The van der Waals surface area contributed by atoms with Gasteiger partial charge in [0.1, 0.15) is 0 Å². The molecule has 0 saturated carbocycles. The fourth-order valence-electron chi connectivity index (χ4n) is 2.12. The van der Waals surface area contributed by atoms with Crippen molar-refractivity contribution in [1.29, 1.82) is 0 Å². The van der Waals surface area contributed by atoms with Crippen molar-refractivity contribution in [2.45, 2.75) is 40.3 Å². The van der Waals surface area contributed by atoms with Crippen molar-refractivity contribution in [2.75, 3.05) is 5.32 Å².